The number of hydrogen-bond donors (Lipinski definition) is 0. The van der Waals surface area contributed by atoms with Crippen LogP contribution in [0.3, 0.4) is 0 Å². The van der Waals surface area contributed by atoms with Gasteiger partial charge in [-0.25, -0.2) is 0 Å². The van der Waals surface area contributed by atoms with Gasteiger partial charge in [-0.2, -0.15) is 0 Å². The molecule has 0 aliphatic heterocycles. The first kappa shape index (κ1) is 18.5. The van der Waals surface area contributed by atoms with Gasteiger partial charge in [0.25, 0.3) is 8.01 Å². The predicted octanol–water partition coefficient (Wildman–Crippen LogP) is 9.13. The number of benzene rings is 5. The molecule has 0 spiro atoms. The van der Waals surface area contributed by atoms with Gasteiger partial charge in [-0.3, -0.25) is 4.98 Å². The topological polar surface area (TPSA) is 39.2 Å². The van der Waals surface area contributed by atoms with Crippen molar-refractivity contribution in [3.8, 4) is 5.30 Å². The van der Waals surface area contributed by atoms with Crippen LogP contribution < -0.4 is 0 Å². The summed E-state index contributed by atoms with van der Waals surface area (Å²) in [6.45, 7) is 0. The van der Waals surface area contributed by atoms with Crippen LogP contribution in [-0.2, 0) is 0 Å². The average molecular weight is 443 g/mol. The van der Waals surface area contributed by atoms with E-state index in [0.29, 0.717) is 0 Å². The molecule has 0 N–H and O–H groups in total. The van der Waals surface area contributed by atoms with E-state index in [4.69, 9.17) is 8.39 Å². The van der Waals surface area contributed by atoms with Crippen molar-refractivity contribution in [1.29, 1.82) is 0 Å². The molecule has 7 rings (SSSR count). The molecule has 33 heavy (non-hydrogen) atoms. The van der Waals surface area contributed by atoms with Crippen LogP contribution in [0.4, 0.5) is 0 Å². The van der Waals surface area contributed by atoms with Crippen molar-refractivity contribution in [2.24, 2.45) is 0 Å². The Kier molecular flexibility index (Phi) is 4.05. The van der Waals surface area contributed by atoms with E-state index in [2.05, 4.69) is 96.0 Å². The first-order chi connectivity index (χ1) is 16.4. The molecule has 0 bridgehead atoms. The number of fused-ring (bicyclic) bond motifs is 8. The smallest absolute Gasteiger partial charge is 0.255 e. The van der Waals surface area contributed by atoms with Gasteiger partial charge in [0, 0.05) is 22.4 Å². The van der Waals surface area contributed by atoms with Gasteiger partial charge in [0.05, 0.1) is 10.8 Å². The highest BCUT2D eigenvalue weighted by atomic mass is 31.1. The normalized spacial score (nSPS) is 11.6. The molecule has 0 aliphatic rings. The van der Waals surface area contributed by atoms with E-state index in [1.54, 1.807) is 0 Å². The minimum absolute atomic E-state index is 0.836. The average Bonchev–Trinajstić information content (AvgIpc) is 3.05. The third-order valence-electron chi connectivity index (χ3n) is 6.20. The molecular formula is C29H18NO2P. The summed E-state index contributed by atoms with van der Waals surface area (Å²) in [5.41, 5.74) is 2.59. The fourth-order valence-corrected chi connectivity index (χ4v) is 6.17. The summed E-state index contributed by atoms with van der Waals surface area (Å²) in [5.74, 6) is 0. The van der Waals surface area contributed by atoms with Crippen LogP contribution in [0.25, 0.3) is 59.7 Å². The number of rotatable bonds is 1. The first-order valence-corrected chi connectivity index (χ1v) is 12.1. The van der Waals surface area contributed by atoms with Gasteiger partial charge in [0.2, 0.25) is 0 Å². The summed E-state index contributed by atoms with van der Waals surface area (Å²) in [6, 6.07) is 35.5. The Morgan fingerprint density at radius 3 is 1.76 bits per heavy atom. The van der Waals surface area contributed by atoms with E-state index in [9.17, 15) is 0 Å². The largest absolute Gasteiger partial charge is 0.416 e. The maximum absolute atomic E-state index is 6.69. The Bertz CT molecular complexity index is 1780. The molecule has 0 fully saturated rings. The zero-order chi connectivity index (χ0) is 21.8. The first-order valence-electron chi connectivity index (χ1n) is 10.9. The molecule has 5 aromatic carbocycles. The quantitative estimate of drug-likeness (QED) is 0.254. The summed E-state index contributed by atoms with van der Waals surface area (Å²) in [4.78, 5) is 4.65. The summed E-state index contributed by atoms with van der Waals surface area (Å²) in [6.07, 6.45) is 1.82. The highest BCUT2D eigenvalue weighted by Gasteiger charge is 2.15. The molecule has 2 heterocycles. The summed E-state index contributed by atoms with van der Waals surface area (Å²) in [5, 5.41) is 8.88. The lowest BCUT2D eigenvalue weighted by molar-refractivity contribution is 0.651. The van der Waals surface area contributed by atoms with Crippen LogP contribution in [0.5, 0.6) is 0 Å². The van der Waals surface area contributed by atoms with Crippen molar-refractivity contribution in [3.05, 3.63) is 109 Å². The van der Waals surface area contributed by atoms with Gasteiger partial charge in [-0.1, -0.05) is 78.9 Å². The maximum Gasteiger partial charge on any atom is 0.255 e. The molecule has 3 nitrogen and oxygen atoms in total. The Morgan fingerprint density at radius 1 is 0.515 bits per heavy atom. The Labute approximate surface area is 190 Å². The van der Waals surface area contributed by atoms with Crippen molar-refractivity contribution < 1.29 is 8.39 Å². The summed E-state index contributed by atoms with van der Waals surface area (Å²) in [7, 11) is -1.44. The molecule has 0 saturated carbocycles. The summed E-state index contributed by atoms with van der Waals surface area (Å²) < 4.78 is 13.4. The van der Waals surface area contributed by atoms with E-state index in [1.807, 2.05) is 18.3 Å². The Balaban J connectivity index is 1.75. The van der Waals surface area contributed by atoms with E-state index in [1.165, 1.54) is 10.8 Å². The van der Waals surface area contributed by atoms with Crippen molar-refractivity contribution in [2.45, 2.75) is 0 Å². The lowest BCUT2D eigenvalue weighted by atomic mass is 9.99. The lowest BCUT2D eigenvalue weighted by Crippen LogP contribution is -1.79. The van der Waals surface area contributed by atoms with Gasteiger partial charge in [-0.15, -0.1) is 0 Å². The third-order valence-corrected chi connectivity index (χ3v) is 7.68. The fraction of sp³-hybridized carbons (Fsp3) is 0. The van der Waals surface area contributed by atoms with Crippen LogP contribution >= 0.6 is 8.01 Å². The molecule has 7 aromatic rings. The SMILES string of the molecule is c1cnc2c(-p3oc4ccc5ccccc5c4c4c(ccc5ccccc54)o3)cccc2c1. The van der Waals surface area contributed by atoms with Crippen LogP contribution in [0.1, 0.15) is 0 Å². The molecule has 0 radical (unpaired) electrons. The molecule has 0 atom stereocenters. The monoisotopic (exact) mass is 443 g/mol. The molecule has 156 valence electrons. The minimum atomic E-state index is -1.44. The molecule has 0 unspecified atom stereocenters. The second-order valence-electron chi connectivity index (χ2n) is 8.11. The van der Waals surface area contributed by atoms with Gasteiger partial charge in [0.1, 0.15) is 11.2 Å². The van der Waals surface area contributed by atoms with Crippen LogP contribution in [-0.4, -0.2) is 4.98 Å². The number of pyridine rings is 1. The fourth-order valence-electron chi connectivity index (χ4n) is 4.70. The van der Waals surface area contributed by atoms with Crippen LogP contribution in [0, 0.1) is 0 Å². The van der Waals surface area contributed by atoms with Crippen molar-refractivity contribution >= 4 is 62.4 Å². The van der Waals surface area contributed by atoms with Crippen LogP contribution in [0.2, 0.25) is 0 Å². The summed E-state index contributed by atoms with van der Waals surface area (Å²) >= 11 is 0. The van der Waals surface area contributed by atoms with E-state index in [0.717, 1.165) is 48.9 Å². The molecule has 0 amide bonds. The second kappa shape index (κ2) is 7.23. The zero-order valence-corrected chi connectivity index (χ0v) is 18.5. The zero-order valence-electron chi connectivity index (χ0n) is 17.6. The Morgan fingerprint density at radius 2 is 1.09 bits per heavy atom. The van der Waals surface area contributed by atoms with Crippen molar-refractivity contribution in [3.63, 3.8) is 0 Å². The van der Waals surface area contributed by atoms with Gasteiger partial charge in [0.15, 0.2) is 0 Å². The van der Waals surface area contributed by atoms with Gasteiger partial charge >= 0.3 is 0 Å². The van der Waals surface area contributed by atoms with E-state index < -0.39 is 8.01 Å². The second-order valence-corrected chi connectivity index (χ2v) is 9.47. The number of para-hydroxylation sites is 1. The van der Waals surface area contributed by atoms with E-state index >= 15 is 0 Å². The number of aromatic nitrogens is 1. The van der Waals surface area contributed by atoms with Gasteiger partial charge in [-0.05, 0) is 45.8 Å². The molecular weight excluding hydrogens is 425 g/mol. The van der Waals surface area contributed by atoms with E-state index in [-0.39, 0.29) is 0 Å². The molecule has 0 aliphatic carbocycles. The standard InChI is InChI=1S/C29H18NO2P/c1-3-11-22-19(7-1)14-16-24-27(22)28-23-12-4-2-8-20(23)15-17-25(28)32-33(31-24)26-13-5-9-21-10-6-18-30-29(21)26/h1-18H. The van der Waals surface area contributed by atoms with Gasteiger partial charge < -0.3 is 8.39 Å². The maximum atomic E-state index is 6.69. The number of hydrogen-bond acceptors (Lipinski definition) is 3. The molecule has 2 aromatic heterocycles. The lowest BCUT2D eigenvalue weighted by Gasteiger charge is -2.05. The highest BCUT2D eigenvalue weighted by molar-refractivity contribution is 7.46. The number of nitrogens with zero attached hydrogens (tertiary/aromatic N) is 1. The predicted molar refractivity (Wildman–Crippen MR) is 138 cm³/mol. The van der Waals surface area contributed by atoms with Crippen LogP contribution in [0.15, 0.2) is 118 Å². The molecule has 4 heteroatoms. The Hall–Kier alpha value is -4.07. The highest BCUT2D eigenvalue weighted by Crippen LogP contribution is 2.47. The molecule has 0 saturated heterocycles. The van der Waals surface area contributed by atoms with Crippen molar-refractivity contribution in [2.75, 3.05) is 0 Å². The minimum Gasteiger partial charge on any atom is -0.416 e. The third kappa shape index (κ3) is 2.87. The van der Waals surface area contributed by atoms with Crippen molar-refractivity contribution in [1.82, 2.24) is 4.98 Å².